The summed E-state index contributed by atoms with van der Waals surface area (Å²) in [6, 6.07) is 13.2. The first-order valence-electron chi connectivity index (χ1n) is 10.7. The highest BCUT2D eigenvalue weighted by Crippen LogP contribution is 2.33. The number of nitrogens with zero attached hydrogens (tertiary/aromatic N) is 3. The number of nitrogen functional groups attached to an aromatic ring is 1. The van der Waals surface area contributed by atoms with Gasteiger partial charge in [-0.05, 0) is 42.7 Å². The zero-order valence-electron chi connectivity index (χ0n) is 18.8. The number of carbonyl (C=O) groups excluding carboxylic acids is 1. The van der Waals surface area contributed by atoms with Gasteiger partial charge < -0.3 is 25.4 Å². The van der Waals surface area contributed by atoms with E-state index in [4.69, 9.17) is 20.1 Å². The van der Waals surface area contributed by atoms with Gasteiger partial charge in [0.05, 0.1) is 5.25 Å². The molecule has 174 valence electrons. The number of anilines is 1. The first kappa shape index (κ1) is 22.8. The van der Waals surface area contributed by atoms with E-state index in [1.165, 1.54) is 22.0 Å². The molecule has 1 aliphatic heterocycles. The van der Waals surface area contributed by atoms with E-state index in [0.717, 1.165) is 5.75 Å². The lowest BCUT2D eigenvalue weighted by Gasteiger charge is -2.19. The summed E-state index contributed by atoms with van der Waals surface area (Å²) in [6.45, 7) is 7.23. The number of thioether (sulfide) groups is 1. The van der Waals surface area contributed by atoms with Crippen LogP contribution in [0.2, 0.25) is 0 Å². The zero-order valence-corrected chi connectivity index (χ0v) is 19.6. The quantitative estimate of drug-likeness (QED) is 0.380. The van der Waals surface area contributed by atoms with Gasteiger partial charge in [-0.15, -0.1) is 10.2 Å². The second-order valence-corrected chi connectivity index (χ2v) is 9.20. The molecule has 1 aromatic heterocycles. The SMILES string of the molecule is CC(C)c1ccc(OCc2nnc(S[C@H](C)C(=O)Nc3ccc4c(c3)OCCO4)n2N)cc1. The van der Waals surface area contributed by atoms with Crippen LogP contribution in [-0.2, 0) is 11.4 Å². The van der Waals surface area contributed by atoms with Crippen LogP contribution in [-0.4, -0.2) is 39.2 Å². The molecule has 3 N–H and O–H groups in total. The number of nitrogens with one attached hydrogen (secondary N) is 1. The molecular formula is C23H27N5O4S. The molecule has 2 aromatic carbocycles. The summed E-state index contributed by atoms with van der Waals surface area (Å²) in [6.07, 6.45) is 0. The van der Waals surface area contributed by atoms with Crippen LogP contribution in [0.25, 0.3) is 0 Å². The highest BCUT2D eigenvalue weighted by atomic mass is 32.2. The Morgan fingerprint density at radius 3 is 2.58 bits per heavy atom. The third-order valence-electron chi connectivity index (χ3n) is 5.11. The second kappa shape index (κ2) is 10.0. The average molecular weight is 470 g/mol. The van der Waals surface area contributed by atoms with Crippen LogP contribution in [0.5, 0.6) is 17.2 Å². The molecule has 0 bridgehead atoms. The fraction of sp³-hybridized carbons (Fsp3) is 0.348. The van der Waals surface area contributed by atoms with Crippen LogP contribution in [0, 0.1) is 0 Å². The number of ether oxygens (including phenoxy) is 3. The van der Waals surface area contributed by atoms with Crippen LogP contribution in [0.15, 0.2) is 47.6 Å². The second-order valence-electron chi connectivity index (χ2n) is 7.89. The lowest BCUT2D eigenvalue weighted by molar-refractivity contribution is -0.115. The normalized spacial score (nSPS) is 13.6. The monoisotopic (exact) mass is 469 g/mol. The molecule has 2 heterocycles. The molecule has 1 amide bonds. The van der Waals surface area contributed by atoms with Crippen LogP contribution in [0.3, 0.4) is 0 Å². The predicted octanol–water partition coefficient (Wildman–Crippen LogP) is 3.58. The Morgan fingerprint density at radius 2 is 1.85 bits per heavy atom. The van der Waals surface area contributed by atoms with Gasteiger partial charge in [-0.1, -0.05) is 37.7 Å². The minimum atomic E-state index is -0.456. The van der Waals surface area contributed by atoms with Crippen LogP contribution in [0.4, 0.5) is 5.69 Å². The maximum Gasteiger partial charge on any atom is 0.237 e. The molecule has 9 nitrogen and oxygen atoms in total. The van der Waals surface area contributed by atoms with Gasteiger partial charge in [0.25, 0.3) is 0 Å². The van der Waals surface area contributed by atoms with E-state index in [-0.39, 0.29) is 12.5 Å². The number of aromatic nitrogens is 3. The lowest BCUT2D eigenvalue weighted by atomic mass is 10.0. The minimum Gasteiger partial charge on any atom is -0.486 e. The molecule has 0 fully saturated rings. The van der Waals surface area contributed by atoms with Crippen LogP contribution < -0.4 is 25.4 Å². The summed E-state index contributed by atoms with van der Waals surface area (Å²) < 4.78 is 18.2. The van der Waals surface area contributed by atoms with Gasteiger partial charge in [0, 0.05) is 11.8 Å². The van der Waals surface area contributed by atoms with Gasteiger partial charge >= 0.3 is 0 Å². The summed E-state index contributed by atoms with van der Waals surface area (Å²) >= 11 is 1.21. The van der Waals surface area contributed by atoms with E-state index in [1.54, 1.807) is 25.1 Å². The largest absolute Gasteiger partial charge is 0.486 e. The molecule has 0 aliphatic carbocycles. The fourth-order valence-corrected chi connectivity index (χ4v) is 3.95. The summed E-state index contributed by atoms with van der Waals surface area (Å²) in [5, 5.41) is 11.1. The molecule has 10 heteroatoms. The molecule has 0 radical (unpaired) electrons. The Morgan fingerprint density at radius 1 is 1.12 bits per heavy atom. The number of carbonyl (C=O) groups is 1. The molecule has 1 atom stereocenters. The molecule has 0 spiro atoms. The molecule has 0 saturated carbocycles. The Hall–Kier alpha value is -3.40. The van der Waals surface area contributed by atoms with Crippen molar-refractivity contribution in [3.63, 3.8) is 0 Å². The van der Waals surface area contributed by atoms with Gasteiger partial charge in [0.2, 0.25) is 11.1 Å². The molecule has 4 rings (SSSR count). The van der Waals surface area contributed by atoms with Gasteiger partial charge in [-0.2, -0.15) is 0 Å². The topological polar surface area (TPSA) is 114 Å². The molecule has 0 unspecified atom stereocenters. The Bertz CT molecular complexity index is 1120. The molecule has 3 aromatic rings. The van der Waals surface area contributed by atoms with Crippen molar-refractivity contribution in [2.75, 3.05) is 24.4 Å². The Labute approximate surface area is 196 Å². The van der Waals surface area contributed by atoms with Gasteiger partial charge in [-0.3, -0.25) is 4.79 Å². The van der Waals surface area contributed by atoms with Crippen molar-refractivity contribution in [3.05, 3.63) is 53.9 Å². The Balaban J connectivity index is 1.32. The van der Waals surface area contributed by atoms with E-state index in [2.05, 4.69) is 29.4 Å². The number of amides is 1. The number of rotatable bonds is 8. The van der Waals surface area contributed by atoms with E-state index in [9.17, 15) is 4.79 Å². The highest BCUT2D eigenvalue weighted by molar-refractivity contribution is 8.00. The third kappa shape index (κ3) is 5.51. The van der Waals surface area contributed by atoms with Crippen molar-refractivity contribution in [2.24, 2.45) is 0 Å². The first-order chi connectivity index (χ1) is 15.9. The third-order valence-corrected chi connectivity index (χ3v) is 6.17. The number of fused-ring (bicyclic) bond motifs is 1. The number of benzene rings is 2. The fourth-order valence-electron chi connectivity index (χ4n) is 3.16. The Kier molecular flexibility index (Phi) is 6.93. The number of hydrogen-bond acceptors (Lipinski definition) is 8. The molecule has 1 aliphatic rings. The van der Waals surface area contributed by atoms with Crippen molar-refractivity contribution in [1.29, 1.82) is 0 Å². The highest BCUT2D eigenvalue weighted by Gasteiger charge is 2.21. The molecular weight excluding hydrogens is 442 g/mol. The number of hydrogen-bond donors (Lipinski definition) is 2. The summed E-state index contributed by atoms with van der Waals surface area (Å²) in [4.78, 5) is 12.7. The van der Waals surface area contributed by atoms with Crippen LogP contribution >= 0.6 is 11.8 Å². The zero-order chi connectivity index (χ0) is 23.4. The van der Waals surface area contributed by atoms with Gasteiger partial charge in [-0.25, -0.2) is 4.68 Å². The van der Waals surface area contributed by atoms with Crippen molar-refractivity contribution >= 4 is 23.4 Å². The maximum absolute atomic E-state index is 12.7. The van der Waals surface area contributed by atoms with Crippen molar-refractivity contribution in [1.82, 2.24) is 14.9 Å². The van der Waals surface area contributed by atoms with E-state index < -0.39 is 5.25 Å². The smallest absolute Gasteiger partial charge is 0.237 e. The van der Waals surface area contributed by atoms with E-state index in [0.29, 0.717) is 47.3 Å². The summed E-state index contributed by atoms with van der Waals surface area (Å²) in [5.41, 5.74) is 1.87. The van der Waals surface area contributed by atoms with Crippen LogP contribution in [0.1, 0.15) is 38.1 Å². The molecule has 33 heavy (non-hydrogen) atoms. The average Bonchev–Trinajstić information content (AvgIpc) is 3.16. The first-order valence-corrected chi connectivity index (χ1v) is 11.6. The standard InChI is InChI=1S/C23H27N5O4S/c1-14(2)16-4-7-18(8-5-16)32-13-21-26-27-23(28(21)24)33-15(3)22(29)25-17-6-9-19-20(12-17)31-11-10-30-19/h4-9,12,14-15H,10-11,13,24H2,1-3H3,(H,25,29)/t15-/m1/s1. The minimum absolute atomic E-state index is 0.170. The van der Waals surface area contributed by atoms with E-state index >= 15 is 0 Å². The van der Waals surface area contributed by atoms with Crippen molar-refractivity contribution in [2.45, 2.75) is 43.7 Å². The predicted molar refractivity (Wildman–Crippen MR) is 126 cm³/mol. The van der Waals surface area contributed by atoms with Crippen molar-refractivity contribution in [3.8, 4) is 17.2 Å². The maximum atomic E-state index is 12.7. The lowest BCUT2D eigenvalue weighted by Crippen LogP contribution is -2.24. The summed E-state index contributed by atoms with van der Waals surface area (Å²) in [7, 11) is 0. The summed E-state index contributed by atoms with van der Waals surface area (Å²) in [5.74, 6) is 8.88. The van der Waals surface area contributed by atoms with Crippen molar-refractivity contribution < 1.29 is 19.0 Å². The number of nitrogens with two attached hydrogens (primary N) is 1. The van der Waals surface area contributed by atoms with Gasteiger partial charge in [0.1, 0.15) is 25.6 Å². The van der Waals surface area contributed by atoms with Gasteiger partial charge in [0.15, 0.2) is 17.3 Å². The molecule has 0 saturated heterocycles. The van der Waals surface area contributed by atoms with E-state index in [1.807, 2.05) is 24.3 Å².